The minimum atomic E-state index is 0.0542. The van der Waals surface area contributed by atoms with Crippen LogP contribution in [0.15, 0.2) is 66.8 Å². The van der Waals surface area contributed by atoms with E-state index < -0.39 is 0 Å². The second-order valence-electron chi connectivity index (χ2n) is 5.26. The van der Waals surface area contributed by atoms with Crippen molar-refractivity contribution in [2.75, 3.05) is 0 Å². The fourth-order valence-corrected chi connectivity index (χ4v) is 2.95. The van der Waals surface area contributed by atoms with Crippen molar-refractivity contribution in [2.24, 2.45) is 0 Å². The number of hydrogen-bond acceptors (Lipinski definition) is 1. The van der Waals surface area contributed by atoms with E-state index in [1.165, 1.54) is 21.9 Å². The van der Waals surface area contributed by atoms with Gasteiger partial charge in [-0.2, -0.15) is 0 Å². The summed E-state index contributed by atoms with van der Waals surface area (Å²) in [5.74, 6) is 1.03. The van der Waals surface area contributed by atoms with Gasteiger partial charge >= 0.3 is 0 Å². The summed E-state index contributed by atoms with van der Waals surface area (Å²) in [6, 6.07) is 12.8. The van der Waals surface area contributed by atoms with Crippen molar-refractivity contribution in [1.29, 1.82) is 0 Å². The Bertz CT molecular complexity index is 749. The number of fused-ring (bicyclic) bond motifs is 5. The van der Waals surface area contributed by atoms with Gasteiger partial charge < -0.3 is 4.74 Å². The van der Waals surface area contributed by atoms with Crippen molar-refractivity contribution in [3.05, 3.63) is 72.3 Å². The van der Waals surface area contributed by atoms with Crippen molar-refractivity contribution >= 4 is 16.3 Å². The number of benzene rings is 2. The molecular formula is C19H16O. The first kappa shape index (κ1) is 11.5. The van der Waals surface area contributed by atoms with E-state index in [2.05, 4.69) is 66.8 Å². The quantitative estimate of drug-likeness (QED) is 0.613. The van der Waals surface area contributed by atoms with Crippen LogP contribution in [0.3, 0.4) is 0 Å². The molecule has 1 aliphatic heterocycles. The summed E-state index contributed by atoms with van der Waals surface area (Å²) in [5, 5.41) is 2.44. The SMILES string of the molecule is C1=CCC/C=C\C2Oc3c(ccc4ccccc34)C2=C1. The standard InChI is InChI=1S/C19H16O/c1-2-4-10-16-17-13-12-14-8-6-7-9-15(14)19(17)20-18(16)11-5-3-1/h2,4-13,18H,1,3H2/b4-2?,11-5-,16-10?. The van der Waals surface area contributed by atoms with Crippen molar-refractivity contribution < 1.29 is 4.74 Å². The molecule has 0 saturated heterocycles. The molecule has 0 bridgehead atoms. The van der Waals surface area contributed by atoms with Crippen molar-refractivity contribution in [2.45, 2.75) is 18.9 Å². The Morgan fingerprint density at radius 3 is 2.85 bits per heavy atom. The average molecular weight is 260 g/mol. The number of ether oxygens (including phenoxy) is 1. The molecule has 0 amide bonds. The second kappa shape index (κ2) is 4.68. The molecule has 0 spiro atoms. The Hall–Kier alpha value is -2.28. The Morgan fingerprint density at radius 1 is 0.950 bits per heavy atom. The van der Waals surface area contributed by atoms with Crippen LogP contribution in [0, 0.1) is 0 Å². The summed E-state index contributed by atoms with van der Waals surface area (Å²) in [5.41, 5.74) is 2.49. The maximum atomic E-state index is 6.23. The third kappa shape index (κ3) is 1.78. The van der Waals surface area contributed by atoms with Crippen LogP contribution in [-0.2, 0) is 0 Å². The molecule has 2 aliphatic rings. The highest BCUT2D eigenvalue weighted by atomic mass is 16.5. The molecule has 1 aliphatic carbocycles. The predicted octanol–water partition coefficient (Wildman–Crippen LogP) is 4.89. The largest absolute Gasteiger partial charge is 0.480 e. The fourth-order valence-electron chi connectivity index (χ4n) is 2.95. The Balaban J connectivity index is 1.94. The lowest BCUT2D eigenvalue weighted by Crippen LogP contribution is -2.07. The molecule has 1 heterocycles. The molecule has 0 radical (unpaired) electrons. The van der Waals surface area contributed by atoms with Crippen molar-refractivity contribution in [3.8, 4) is 5.75 Å². The highest BCUT2D eigenvalue weighted by Gasteiger charge is 2.27. The van der Waals surface area contributed by atoms with E-state index >= 15 is 0 Å². The molecule has 0 saturated carbocycles. The van der Waals surface area contributed by atoms with Gasteiger partial charge in [-0.05, 0) is 24.3 Å². The molecule has 4 rings (SSSR count). The zero-order valence-corrected chi connectivity index (χ0v) is 11.3. The smallest absolute Gasteiger partial charge is 0.143 e. The highest BCUT2D eigenvalue weighted by Crippen LogP contribution is 2.43. The van der Waals surface area contributed by atoms with Crippen LogP contribution in [0.2, 0.25) is 0 Å². The van der Waals surface area contributed by atoms with Gasteiger partial charge in [-0.15, -0.1) is 0 Å². The first-order chi connectivity index (χ1) is 9.93. The van der Waals surface area contributed by atoms with Gasteiger partial charge in [0.25, 0.3) is 0 Å². The van der Waals surface area contributed by atoms with Gasteiger partial charge in [0.15, 0.2) is 0 Å². The molecule has 2 aromatic carbocycles. The molecule has 1 atom stereocenters. The molecule has 20 heavy (non-hydrogen) atoms. The summed E-state index contributed by atoms with van der Waals surface area (Å²) in [6.07, 6.45) is 13.2. The lowest BCUT2D eigenvalue weighted by atomic mass is 9.98. The lowest BCUT2D eigenvalue weighted by molar-refractivity contribution is 0.326. The van der Waals surface area contributed by atoms with E-state index in [1.807, 2.05) is 0 Å². The zero-order valence-electron chi connectivity index (χ0n) is 11.3. The topological polar surface area (TPSA) is 9.23 Å². The summed E-state index contributed by atoms with van der Waals surface area (Å²) >= 11 is 0. The van der Waals surface area contributed by atoms with Gasteiger partial charge in [0, 0.05) is 16.5 Å². The summed E-state index contributed by atoms with van der Waals surface area (Å²) < 4.78 is 6.23. The van der Waals surface area contributed by atoms with Crippen LogP contribution >= 0.6 is 0 Å². The van der Waals surface area contributed by atoms with Gasteiger partial charge in [0.1, 0.15) is 11.9 Å². The first-order valence-corrected chi connectivity index (χ1v) is 7.16. The molecule has 1 unspecified atom stereocenters. The molecule has 98 valence electrons. The van der Waals surface area contributed by atoms with Gasteiger partial charge in [-0.3, -0.25) is 0 Å². The molecule has 1 heteroatoms. The zero-order chi connectivity index (χ0) is 13.4. The fraction of sp³-hybridized carbons (Fsp3) is 0.158. The van der Waals surface area contributed by atoms with E-state index in [1.54, 1.807) is 0 Å². The first-order valence-electron chi connectivity index (χ1n) is 7.16. The molecule has 0 fully saturated rings. The third-order valence-corrected chi connectivity index (χ3v) is 3.96. The van der Waals surface area contributed by atoms with E-state index in [9.17, 15) is 0 Å². The normalized spacial score (nSPS) is 22.0. The third-order valence-electron chi connectivity index (χ3n) is 3.96. The maximum absolute atomic E-state index is 6.23. The van der Waals surface area contributed by atoms with Gasteiger partial charge in [-0.1, -0.05) is 60.7 Å². The van der Waals surface area contributed by atoms with Crippen LogP contribution in [0.1, 0.15) is 18.4 Å². The summed E-state index contributed by atoms with van der Waals surface area (Å²) in [6.45, 7) is 0. The van der Waals surface area contributed by atoms with Gasteiger partial charge in [0.2, 0.25) is 0 Å². The van der Waals surface area contributed by atoms with E-state index in [-0.39, 0.29) is 6.10 Å². The summed E-state index contributed by atoms with van der Waals surface area (Å²) in [7, 11) is 0. The average Bonchev–Trinajstić information content (AvgIpc) is 2.88. The van der Waals surface area contributed by atoms with E-state index in [4.69, 9.17) is 4.74 Å². The van der Waals surface area contributed by atoms with Crippen LogP contribution in [0.5, 0.6) is 5.75 Å². The van der Waals surface area contributed by atoms with E-state index in [0.717, 1.165) is 18.6 Å². The molecule has 2 aromatic rings. The Kier molecular flexibility index (Phi) is 2.70. The van der Waals surface area contributed by atoms with Crippen LogP contribution in [-0.4, -0.2) is 6.10 Å². The van der Waals surface area contributed by atoms with Crippen LogP contribution in [0.25, 0.3) is 16.3 Å². The summed E-state index contributed by atoms with van der Waals surface area (Å²) in [4.78, 5) is 0. The Morgan fingerprint density at radius 2 is 1.85 bits per heavy atom. The number of allylic oxidation sites excluding steroid dienone is 4. The second-order valence-corrected chi connectivity index (χ2v) is 5.26. The van der Waals surface area contributed by atoms with Gasteiger partial charge in [0.05, 0.1) is 0 Å². The predicted molar refractivity (Wildman–Crippen MR) is 83.9 cm³/mol. The van der Waals surface area contributed by atoms with Crippen molar-refractivity contribution in [3.63, 3.8) is 0 Å². The minimum absolute atomic E-state index is 0.0542. The maximum Gasteiger partial charge on any atom is 0.143 e. The van der Waals surface area contributed by atoms with Crippen molar-refractivity contribution in [1.82, 2.24) is 0 Å². The van der Waals surface area contributed by atoms with Crippen LogP contribution < -0.4 is 4.74 Å². The number of rotatable bonds is 0. The Labute approximate surface area is 118 Å². The van der Waals surface area contributed by atoms with E-state index in [0.29, 0.717) is 0 Å². The van der Waals surface area contributed by atoms with Gasteiger partial charge in [-0.25, -0.2) is 0 Å². The lowest BCUT2D eigenvalue weighted by Gasteiger charge is -2.07. The minimum Gasteiger partial charge on any atom is -0.480 e. The van der Waals surface area contributed by atoms with Crippen LogP contribution in [0.4, 0.5) is 0 Å². The molecule has 1 nitrogen and oxygen atoms in total. The molecule has 0 aromatic heterocycles. The molecular weight excluding hydrogens is 244 g/mol. The molecule has 0 N–H and O–H groups in total. The highest BCUT2D eigenvalue weighted by molar-refractivity contribution is 5.96. The number of hydrogen-bond donors (Lipinski definition) is 0. The monoisotopic (exact) mass is 260 g/mol.